The number of aromatic hydroxyl groups is 3. The van der Waals surface area contributed by atoms with E-state index in [2.05, 4.69) is 13.0 Å². The second-order valence-corrected chi connectivity index (χ2v) is 7.26. The second kappa shape index (κ2) is 8.22. The van der Waals surface area contributed by atoms with E-state index in [1.165, 1.54) is 0 Å². The summed E-state index contributed by atoms with van der Waals surface area (Å²) in [5.74, 6) is 0.929. The van der Waals surface area contributed by atoms with Crippen LogP contribution < -0.4 is 0 Å². The minimum Gasteiger partial charge on any atom is -0.508 e. The Balaban J connectivity index is 2.12. The van der Waals surface area contributed by atoms with Crippen LogP contribution in [0.1, 0.15) is 42.9 Å². The molecule has 0 bridgehead atoms. The molecule has 0 spiro atoms. The first-order chi connectivity index (χ1) is 13.4. The Labute approximate surface area is 166 Å². The Kier molecular flexibility index (Phi) is 5.74. The van der Waals surface area contributed by atoms with Crippen LogP contribution in [-0.2, 0) is 5.41 Å². The lowest BCUT2D eigenvalue weighted by Gasteiger charge is -2.35. The Morgan fingerprint density at radius 2 is 1.11 bits per heavy atom. The van der Waals surface area contributed by atoms with Gasteiger partial charge in [-0.3, -0.25) is 0 Å². The zero-order valence-corrected chi connectivity index (χ0v) is 16.2. The highest BCUT2D eigenvalue weighted by Crippen LogP contribution is 2.43. The van der Waals surface area contributed by atoms with Gasteiger partial charge in [0.25, 0.3) is 0 Å². The molecule has 0 heterocycles. The summed E-state index contributed by atoms with van der Waals surface area (Å²) in [6.45, 7) is 4.17. The molecule has 3 aromatic carbocycles. The van der Waals surface area contributed by atoms with Crippen LogP contribution in [0.3, 0.4) is 0 Å². The quantitative estimate of drug-likeness (QED) is 0.474. The van der Waals surface area contributed by atoms with Gasteiger partial charge in [0.05, 0.1) is 0 Å². The van der Waals surface area contributed by atoms with Crippen LogP contribution in [0.2, 0.25) is 0 Å². The molecule has 3 aromatic rings. The SMILES string of the molecule is C/C=C/C(CC(C)c1ccc(O)cc1)(c1ccc(O)cc1)c1ccc(O)cc1. The zero-order chi connectivity index (χ0) is 20.1. The van der Waals surface area contributed by atoms with Crippen molar-refractivity contribution < 1.29 is 15.3 Å². The Hall–Kier alpha value is -3.20. The fraction of sp³-hybridized carbons (Fsp3) is 0.200. The van der Waals surface area contributed by atoms with E-state index in [0.29, 0.717) is 0 Å². The van der Waals surface area contributed by atoms with Crippen LogP contribution in [0.15, 0.2) is 84.9 Å². The highest BCUT2D eigenvalue weighted by atomic mass is 16.3. The summed E-state index contributed by atoms with van der Waals surface area (Å²) in [5, 5.41) is 29.1. The van der Waals surface area contributed by atoms with Gasteiger partial charge < -0.3 is 15.3 Å². The molecule has 0 aliphatic heterocycles. The molecule has 3 nitrogen and oxygen atoms in total. The van der Waals surface area contributed by atoms with Crippen LogP contribution in [0.25, 0.3) is 0 Å². The van der Waals surface area contributed by atoms with Crippen LogP contribution in [-0.4, -0.2) is 15.3 Å². The van der Waals surface area contributed by atoms with Gasteiger partial charge >= 0.3 is 0 Å². The minimum atomic E-state index is -0.423. The van der Waals surface area contributed by atoms with E-state index in [-0.39, 0.29) is 23.2 Å². The first-order valence-corrected chi connectivity index (χ1v) is 9.46. The lowest BCUT2D eigenvalue weighted by atomic mass is 9.68. The van der Waals surface area contributed by atoms with Crippen molar-refractivity contribution in [1.82, 2.24) is 0 Å². The molecule has 3 N–H and O–H groups in total. The van der Waals surface area contributed by atoms with Gasteiger partial charge in [-0.2, -0.15) is 0 Å². The summed E-state index contributed by atoms with van der Waals surface area (Å²) in [6.07, 6.45) is 5.02. The van der Waals surface area contributed by atoms with Crippen LogP contribution in [0.5, 0.6) is 17.2 Å². The third-order valence-electron chi connectivity index (χ3n) is 5.31. The van der Waals surface area contributed by atoms with Crippen molar-refractivity contribution in [2.75, 3.05) is 0 Å². The fourth-order valence-electron chi connectivity index (χ4n) is 3.87. The molecule has 144 valence electrons. The molecule has 0 radical (unpaired) electrons. The van der Waals surface area contributed by atoms with E-state index in [0.717, 1.165) is 23.1 Å². The maximum Gasteiger partial charge on any atom is 0.115 e. The number of phenols is 3. The first-order valence-electron chi connectivity index (χ1n) is 9.46. The van der Waals surface area contributed by atoms with Gasteiger partial charge in [-0.05, 0) is 72.4 Å². The van der Waals surface area contributed by atoms with Crippen molar-refractivity contribution >= 4 is 0 Å². The number of phenolic OH excluding ortho intramolecular Hbond substituents is 3. The van der Waals surface area contributed by atoms with Gasteiger partial charge in [-0.1, -0.05) is 55.5 Å². The van der Waals surface area contributed by atoms with Gasteiger partial charge in [0.2, 0.25) is 0 Å². The second-order valence-electron chi connectivity index (χ2n) is 7.26. The molecule has 0 amide bonds. The predicted molar refractivity (Wildman–Crippen MR) is 113 cm³/mol. The van der Waals surface area contributed by atoms with E-state index < -0.39 is 5.41 Å². The summed E-state index contributed by atoms with van der Waals surface area (Å²) >= 11 is 0. The Morgan fingerprint density at radius 1 is 0.714 bits per heavy atom. The molecule has 3 heteroatoms. The topological polar surface area (TPSA) is 60.7 Å². The summed E-state index contributed by atoms with van der Waals surface area (Å²) in [4.78, 5) is 0. The largest absolute Gasteiger partial charge is 0.508 e. The zero-order valence-electron chi connectivity index (χ0n) is 16.2. The average molecular weight is 374 g/mol. The summed E-state index contributed by atoms with van der Waals surface area (Å²) in [5.41, 5.74) is 2.86. The number of hydrogen-bond donors (Lipinski definition) is 3. The number of hydrogen-bond acceptors (Lipinski definition) is 3. The van der Waals surface area contributed by atoms with E-state index in [1.807, 2.05) is 49.4 Å². The maximum absolute atomic E-state index is 9.77. The summed E-state index contributed by atoms with van der Waals surface area (Å²) < 4.78 is 0. The molecule has 0 aliphatic carbocycles. The van der Waals surface area contributed by atoms with Gasteiger partial charge in [-0.15, -0.1) is 0 Å². The predicted octanol–water partition coefficient (Wildman–Crippen LogP) is 5.86. The molecule has 1 atom stereocenters. The van der Waals surface area contributed by atoms with E-state index in [4.69, 9.17) is 0 Å². The normalized spacial score (nSPS) is 12.9. The van der Waals surface area contributed by atoms with Gasteiger partial charge in [0.15, 0.2) is 0 Å². The molecule has 3 rings (SSSR count). The van der Waals surface area contributed by atoms with Crippen molar-refractivity contribution in [3.8, 4) is 17.2 Å². The molecule has 0 aliphatic rings. The van der Waals surface area contributed by atoms with E-state index >= 15 is 0 Å². The number of rotatable bonds is 6. The Morgan fingerprint density at radius 3 is 1.50 bits per heavy atom. The van der Waals surface area contributed by atoms with Crippen molar-refractivity contribution in [1.29, 1.82) is 0 Å². The standard InChI is InChI=1S/C25H26O3/c1-3-16-25(20-6-12-23(27)13-7-20,21-8-14-24(28)15-9-21)17-18(2)19-4-10-22(26)11-5-19/h3-16,18,26-28H,17H2,1-2H3/b16-3+. The molecule has 0 saturated heterocycles. The van der Waals surface area contributed by atoms with Crippen molar-refractivity contribution in [2.24, 2.45) is 0 Å². The van der Waals surface area contributed by atoms with E-state index in [1.54, 1.807) is 36.4 Å². The lowest BCUT2D eigenvalue weighted by molar-refractivity contribution is 0.471. The van der Waals surface area contributed by atoms with Crippen molar-refractivity contribution in [3.63, 3.8) is 0 Å². The molecule has 0 fully saturated rings. The smallest absolute Gasteiger partial charge is 0.115 e. The van der Waals surface area contributed by atoms with Gasteiger partial charge in [0.1, 0.15) is 17.2 Å². The third-order valence-corrected chi connectivity index (χ3v) is 5.31. The first kappa shape index (κ1) is 19.6. The molecule has 0 aromatic heterocycles. The van der Waals surface area contributed by atoms with Crippen LogP contribution in [0, 0.1) is 0 Å². The number of benzene rings is 3. The maximum atomic E-state index is 9.77. The molecule has 28 heavy (non-hydrogen) atoms. The summed E-state index contributed by atoms with van der Waals surface area (Å²) in [6, 6.07) is 22.0. The van der Waals surface area contributed by atoms with Crippen LogP contribution in [0.4, 0.5) is 0 Å². The third kappa shape index (κ3) is 4.04. The monoisotopic (exact) mass is 374 g/mol. The molecule has 0 saturated carbocycles. The molecular formula is C25H26O3. The average Bonchev–Trinajstić information content (AvgIpc) is 2.69. The Bertz CT molecular complexity index is 878. The highest BCUT2D eigenvalue weighted by molar-refractivity contribution is 5.48. The fourth-order valence-corrected chi connectivity index (χ4v) is 3.87. The van der Waals surface area contributed by atoms with Crippen LogP contribution >= 0.6 is 0 Å². The van der Waals surface area contributed by atoms with Gasteiger partial charge in [-0.25, -0.2) is 0 Å². The van der Waals surface area contributed by atoms with Crippen molar-refractivity contribution in [2.45, 2.75) is 31.6 Å². The van der Waals surface area contributed by atoms with Gasteiger partial charge in [0, 0.05) is 5.41 Å². The lowest BCUT2D eigenvalue weighted by Crippen LogP contribution is -2.27. The van der Waals surface area contributed by atoms with Crippen molar-refractivity contribution in [3.05, 3.63) is 102 Å². The summed E-state index contributed by atoms with van der Waals surface area (Å²) in [7, 11) is 0. The molecular weight excluding hydrogens is 348 g/mol. The minimum absolute atomic E-state index is 0.208. The number of allylic oxidation sites excluding steroid dienone is 2. The highest BCUT2D eigenvalue weighted by Gasteiger charge is 2.33. The van der Waals surface area contributed by atoms with E-state index in [9.17, 15) is 15.3 Å². The molecule has 1 unspecified atom stereocenters.